The van der Waals surface area contributed by atoms with Crippen molar-refractivity contribution < 1.29 is 9.59 Å². The highest BCUT2D eigenvalue weighted by molar-refractivity contribution is 6.08. The molecule has 6 saturated carbocycles. The first-order valence-corrected chi connectivity index (χ1v) is 10.4. The van der Waals surface area contributed by atoms with Crippen molar-refractivity contribution in [2.75, 3.05) is 5.32 Å². The second-order valence-corrected chi connectivity index (χ2v) is 9.91. The van der Waals surface area contributed by atoms with Crippen LogP contribution in [0, 0.1) is 67.6 Å². The van der Waals surface area contributed by atoms with Gasteiger partial charge in [0.05, 0.1) is 11.1 Å². The number of nitrogens with one attached hydrogen (secondary N) is 1. The molecule has 142 valence electrons. The third-order valence-electron chi connectivity index (χ3n) is 8.84. The molecule has 0 spiro atoms. The fourth-order valence-corrected chi connectivity index (χ4v) is 8.51. The van der Waals surface area contributed by atoms with Gasteiger partial charge in [0.2, 0.25) is 5.91 Å². The Morgan fingerprint density at radius 2 is 1.86 bits per heavy atom. The Hall–Kier alpha value is -2.43. The van der Waals surface area contributed by atoms with Gasteiger partial charge < -0.3 is 5.32 Å². The predicted octanol–water partition coefficient (Wildman–Crippen LogP) is 3.06. The molecule has 8 unspecified atom stereocenters. The summed E-state index contributed by atoms with van der Waals surface area (Å²) >= 11 is 0. The predicted molar refractivity (Wildman–Crippen MR) is 103 cm³/mol. The first-order chi connectivity index (χ1) is 13.4. The number of benzene rings is 1. The molecule has 1 aromatic heterocycles. The zero-order valence-corrected chi connectivity index (χ0v) is 16.3. The lowest BCUT2D eigenvalue weighted by Crippen LogP contribution is -2.74. The summed E-state index contributed by atoms with van der Waals surface area (Å²) in [5.41, 5.74) is 3.99. The number of nitrogens with zero attached hydrogens (tertiary/aromatic N) is 2. The van der Waals surface area contributed by atoms with Crippen LogP contribution < -0.4 is 5.32 Å². The average molecular weight is 373 g/mol. The number of hydrogen-bond acceptors (Lipinski definition) is 3. The molecule has 6 aliphatic carbocycles. The molecule has 1 aromatic carbocycles. The molecular formula is C23H23N3O2. The van der Waals surface area contributed by atoms with Crippen LogP contribution in [0.3, 0.4) is 0 Å². The van der Waals surface area contributed by atoms with E-state index in [1.165, 1.54) is 17.5 Å². The number of Topliss-reactive ketones (excluding diaryl/α,β-unsaturated/α-hetero) is 1. The normalized spacial score (nSPS) is 42.7. The lowest BCUT2D eigenvalue weighted by atomic mass is 9.31. The molecule has 5 nitrogen and oxygen atoms in total. The number of carbonyl (C=O) groups excluding carboxylic acids is 2. The van der Waals surface area contributed by atoms with Crippen molar-refractivity contribution >= 4 is 17.5 Å². The molecule has 8 rings (SSSR count). The molecule has 1 N–H and O–H groups in total. The van der Waals surface area contributed by atoms with Gasteiger partial charge in [-0.2, -0.15) is 0 Å². The van der Waals surface area contributed by atoms with Crippen LogP contribution in [0.5, 0.6) is 0 Å². The van der Waals surface area contributed by atoms with Gasteiger partial charge in [0.1, 0.15) is 5.78 Å². The standard InChI is InChI=1S/C23H23N3O2/c1-9-4-10(2)6-12(5-9)26-11(3)7-15(25-26)24-22(28)23-18-14-8-13-16(18)20(23)21(27)17(13)19(14)23/h4-7,13-14,16-20H,8H2,1-3H3,(H,24,25,28). The van der Waals surface area contributed by atoms with Gasteiger partial charge in [-0.15, -0.1) is 5.10 Å². The van der Waals surface area contributed by atoms with Crippen molar-refractivity contribution in [3.63, 3.8) is 0 Å². The number of amides is 1. The van der Waals surface area contributed by atoms with Gasteiger partial charge in [-0.05, 0) is 80.0 Å². The molecule has 1 amide bonds. The first-order valence-electron chi connectivity index (χ1n) is 10.4. The largest absolute Gasteiger partial charge is 0.309 e. The van der Waals surface area contributed by atoms with E-state index in [1.54, 1.807) is 0 Å². The van der Waals surface area contributed by atoms with Crippen LogP contribution in [0.25, 0.3) is 5.69 Å². The van der Waals surface area contributed by atoms with E-state index in [-0.39, 0.29) is 23.2 Å². The Morgan fingerprint density at radius 1 is 1.11 bits per heavy atom. The number of aryl methyl sites for hydroxylation is 3. The first kappa shape index (κ1) is 15.5. The van der Waals surface area contributed by atoms with Gasteiger partial charge in [0.15, 0.2) is 5.82 Å². The summed E-state index contributed by atoms with van der Waals surface area (Å²) in [6.07, 6.45) is 1.20. The van der Waals surface area contributed by atoms with Crippen LogP contribution in [0.15, 0.2) is 24.3 Å². The van der Waals surface area contributed by atoms with E-state index in [1.807, 2.05) is 17.7 Å². The van der Waals surface area contributed by atoms with Crippen LogP contribution in [-0.4, -0.2) is 21.5 Å². The molecule has 6 aliphatic rings. The third-order valence-corrected chi connectivity index (χ3v) is 8.84. The maximum atomic E-state index is 13.4. The zero-order valence-electron chi connectivity index (χ0n) is 16.3. The van der Waals surface area contributed by atoms with E-state index < -0.39 is 0 Å². The lowest BCUT2D eigenvalue weighted by molar-refractivity contribution is -0.245. The third kappa shape index (κ3) is 1.37. The molecule has 2 aromatic rings. The molecular weight excluding hydrogens is 350 g/mol. The number of aromatic nitrogens is 2. The van der Waals surface area contributed by atoms with Crippen LogP contribution in [-0.2, 0) is 9.59 Å². The Bertz CT molecular complexity index is 1100. The quantitative estimate of drug-likeness (QED) is 0.899. The van der Waals surface area contributed by atoms with E-state index in [0.717, 1.165) is 11.4 Å². The Balaban J connectivity index is 1.21. The summed E-state index contributed by atoms with van der Waals surface area (Å²) in [6.45, 7) is 6.16. The summed E-state index contributed by atoms with van der Waals surface area (Å²) in [6, 6.07) is 8.28. The summed E-state index contributed by atoms with van der Waals surface area (Å²) in [5.74, 6) is 3.84. The minimum Gasteiger partial charge on any atom is -0.309 e. The second kappa shape index (κ2) is 4.42. The number of ketones is 1. The number of anilines is 1. The second-order valence-electron chi connectivity index (χ2n) is 9.91. The zero-order chi connectivity index (χ0) is 19.1. The minimum atomic E-state index is -0.387. The molecule has 5 heteroatoms. The van der Waals surface area contributed by atoms with E-state index in [0.29, 0.717) is 41.2 Å². The van der Waals surface area contributed by atoms with Crippen molar-refractivity contribution in [2.45, 2.75) is 27.2 Å². The number of hydrogen-bond donors (Lipinski definition) is 1. The topological polar surface area (TPSA) is 64.0 Å². The van der Waals surface area contributed by atoms with Crippen LogP contribution in [0.2, 0.25) is 0 Å². The Morgan fingerprint density at radius 3 is 2.57 bits per heavy atom. The van der Waals surface area contributed by atoms with Crippen LogP contribution in [0.4, 0.5) is 5.82 Å². The molecule has 0 aliphatic heterocycles. The van der Waals surface area contributed by atoms with E-state index in [9.17, 15) is 9.59 Å². The molecule has 1 heterocycles. The van der Waals surface area contributed by atoms with Crippen LogP contribution >= 0.6 is 0 Å². The SMILES string of the molecule is Cc1cc(C)cc(-n2nc(NC(=O)C34C5C(=O)C6C7CC(C63)C4C75)cc2C)c1. The van der Waals surface area contributed by atoms with Gasteiger partial charge in [-0.25, -0.2) is 4.68 Å². The number of carbonyl (C=O) groups is 2. The molecule has 28 heavy (non-hydrogen) atoms. The molecule has 6 fully saturated rings. The van der Waals surface area contributed by atoms with Crippen molar-refractivity contribution in [3.8, 4) is 5.69 Å². The van der Waals surface area contributed by atoms with E-state index >= 15 is 0 Å². The van der Waals surface area contributed by atoms with Gasteiger partial charge in [0.25, 0.3) is 0 Å². The maximum Gasteiger partial charge on any atom is 0.233 e. The average Bonchev–Trinajstić information content (AvgIpc) is 3.25. The van der Waals surface area contributed by atoms with Crippen LogP contribution in [0.1, 0.15) is 23.2 Å². The van der Waals surface area contributed by atoms with Gasteiger partial charge in [-0.3, -0.25) is 9.59 Å². The minimum absolute atomic E-state index is 0.0128. The molecule has 0 radical (unpaired) electrons. The highest BCUT2D eigenvalue weighted by atomic mass is 16.2. The van der Waals surface area contributed by atoms with E-state index in [4.69, 9.17) is 0 Å². The molecule has 0 saturated heterocycles. The van der Waals surface area contributed by atoms with Crippen molar-refractivity contribution in [3.05, 3.63) is 41.1 Å². The van der Waals surface area contributed by atoms with E-state index in [2.05, 4.69) is 42.5 Å². The highest BCUT2D eigenvalue weighted by Crippen LogP contribution is 2.92. The molecule has 8 atom stereocenters. The number of rotatable bonds is 3. The summed E-state index contributed by atoms with van der Waals surface area (Å²) in [5, 5.41) is 7.78. The molecule has 4 bridgehead atoms. The van der Waals surface area contributed by atoms with Crippen molar-refractivity contribution in [1.82, 2.24) is 9.78 Å². The van der Waals surface area contributed by atoms with Crippen molar-refractivity contribution in [2.24, 2.45) is 46.8 Å². The summed E-state index contributed by atoms with van der Waals surface area (Å²) < 4.78 is 1.89. The fourth-order valence-electron chi connectivity index (χ4n) is 8.51. The maximum absolute atomic E-state index is 13.4. The lowest BCUT2D eigenvalue weighted by Gasteiger charge is -2.70. The fraction of sp³-hybridized carbons (Fsp3) is 0.522. The smallest absolute Gasteiger partial charge is 0.233 e. The van der Waals surface area contributed by atoms with Gasteiger partial charge >= 0.3 is 0 Å². The summed E-state index contributed by atoms with van der Waals surface area (Å²) in [7, 11) is 0. The van der Waals surface area contributed by atoms with Gasteiger partial charge in [0, 0.05) is 23.6 Å². The monoisotopic (exact) mass is 373 g/mol. The Labute approximate surface area is 163 Å². The highest BCUT2D eigenvalue weighted by Gasteiger charge is 2.96. The summed E-state index contributed by atoms with van der Waals surface area (Å²) in [4.78, 5) is 26.1. The van der Waals surface area contributed by atoms with Gasteiger partial charge in [-0.1, -0.05) is 6.07 Å². The Kier molecular flexibility index (Phi) is 2.44. The van der Waals surface area contributed by atoms with Crippen molar-refractivity contribution in [1.29, 1.82) is 0 Å².